The fourth-order valence-corrected chi connectivity index (χ4v) is 2.40. The maximum Gasteiger partial charge on any atom is 0.678 e. The fourth-order valence-electron chi connectivity index (χ4n) is 1.15. The molecule has 0 spiro atoms. The average molecular weight is 222 g/mol. The molecule has 5 heteroatoms. The minimum atomic E-state index is -2.78. The van der Waals surface area contributed by atoms with Crippen LogP contribution in [0.25, 0.3) is 0 Å². The average Bonchev–Trinajstić information content (AvgIpc) is 2.24. The standard InChI is InChI=1S/C9H22O4Si/c1-5-6-7-8-9-13-14(10-2,11-3)12-4/h5-9H2,1-4H3. The van der Waals surface area contributed by atoms with Crippen LogP contribution in [0.4, 0.5) is 0 Å². The number of rotatable bonds is 9. The minimum absolute atomic E-state index is 0.641. The van der Waals surface area contributed by atoms with E-state index in [-0.39, 0.29) is 0 Å². The van der Waals surface area contributed by atoms with Gasteiger partial charge in [0, 0.05) is 27.9 Å². The third kappa shape index (κ3) is 5.07. The Morgan fingerprint density at radius 2 is 1.43 bits per heavy atom. The smallest absolute Gasteiger partial charge is 0.355 e. The van der Waals surface area contributed by atoms with Crippen LogP contribution in [0.15, 0.2) is 0 Å². The highest BCUT2D eigenvalue weighted by molar-refractivity contribution is 6.53. The van der Waals surface area contributed by atoms with Crippen molar-refractivity contribution in [1.29, 1.82) is 0 Å². The molecule has 0 aromatic carbocycles. The molecule has 0 aliphatic rings. The van der Waals surface area contributed by atoms with Crippen molar-refractivity contribution >= 4 is 9.05 Å². The molecule has 0 bridgehead atoms. The second-order valence-electron chi connectivity index (χ2n) is 3.02. The lowest BCUT2D eigenvalue weighted by molar-refractivity contribution is 0.00506. The van der Waals surface area contributed by atoms with E-state index in [1.54, 1.807) is 21.3 Å². The molecule has 0 aromatic rings. The van der Waals surface area contributed by atoms with Crippen molar-refractivity contribution in [2.24, 2.45) is 0 Å². The summed E-state index contributed by atoms with van der Waals surface area (Å²) in [4.78, 5) is 0. The van der Waals surface area contributed by atoms with Gasteiger partial charge in [-0.1, -0.05) is 26.2 Å². The highest BCUT2D eigenvalue weighted by Crippen LogP contribution is 2.09. The van der Waals surface area contributed by atoms with Gasteiger partial charge in [-0.15, -0.1) is 0 Å². The van der Waals surface area contributed by atoms with Crippen molar-refractivity contribution in [2.45, 2.75) is 32.6 Å². The normalized spacial score (nSPS) is 12.0. The predicted octanol–water partition coefficient (Wildman–Crippen LogP) is 1.96. The molecule has 0 saturated heterocycles. The third-order valence-corrected chi connectivity index (χ3v) is 4.08. The molecule has 0 N–H and O–H groups in total. The molecular weight excluding hydrogens is 200 g/mol. The van der Waals surface area contributed by atoms with E-state index in [9.17, 15) is 0 Å². The Balaban J connectivity index is 3.61. The molecule has 14 heavy (non-hydrogen) atoms. The van der Waals surface area contributed by atoms with E-state index in [0.29, 0.717) is 6.61 Å². The third-order valence-electron chi connectivity index (χ3n) is 2.03. The maximum atomic E-state index is 5.50. The Morgan fingerprint density at radius 3 is 1.86 bits per heavy atom. The van der Waals surface area contributed by atoms with Gasteiger partial charge in [-0.3, -0.25) is 0 Å². The first-order valence-electron chi connectivity index (χ1n) is 5.04. The molecule has 0 atom stereocenters. The molecule has 0 aliphatic carbocycles. The fraction of sp³-hybridized carbons (Fsp3) is 1.00. The summed E-state index contributed by atoms with van der Waals surface area (Å²) in [6.45, 7) is 2.82. The van der Waals surface area contributed by atoms with Crippen LogP contribution in [0.1, 0.15) is 32.6 Å². The SMILES string of the molecule is CCCCCCO[Si](OC)(OC)OC. The summed E-state index contributed by atoms with van der Waals surface area (Å²) >= 11 is 0. The van der Waals surface area contributed by atoms with E-state index in [1.807, 2.05) is 0 Å². The topological polar surface area (TPSA) is 36.9 Å². The second-order valence-corrected chi connectivity index (χ2v) is 5.53. The molecule has 0 fully saturated rings. The van der Waals surface area contributed by atoms with E-state index in [0.717, 1.165) is 6.42 Å². The summed E-state index contributed by atoms with van der Waals surface area (Å²) < 4.78 is 20.8. The van der Waals surface area contributed by atoms with Gasteiger partial charge in [0.15, 0.2) is 0 Å². The Bertz CT molecular complexity index is 120. The van der Waals surface area contributed by atoms with E-state index < -0.39 is 9.05 Å². The summed E-state index contributed by atoms with van der Waals surface area (Å²) in [5, 5.41) is 0. The minimum Gasteiger partial charge on any atom is -0.355 e. The zero-order chi connectivity index (χ0) is 10.9. The molecule has 0 aliphatic heterocycles. The van der Waals surface area contributed by atoms with Crippen molar-refractivity contribution < 1.29 is 17.7 Å². The van der Waals surface area contributed by atoms with E-state index in [4.69, 9.17) is 17.7 Å². The van der Waals surface area contributed by atoms with Crippen molar-refractivity contribution in [1.82, 2.24) is 0 Å². The molecule has 0 aromatic heterocycles. The van der Waals surface area contributed by atoms with Crippen molar-refractivity contribution in [3.05, 3.63) is 0 Å². The van der Waals surface area contributed by atoms with Crippen LogP contribution in [-0.2, 0) is 17.7 Å². The molecule has 0 heterocycles. The number of hydrogen-bond donors (Lipinski definition) is 0. The van der Waals surface area contributed by atoms with Gasteiger partial charge >= 0.3 is 9.05 Å². The lowest BCUT2D eigenvalue weighted by Crippen LogP contribution is -2.46. The van der Waals surface area contributed by atoms with Crippen LogP contribution in [0, 0.1) is 0 Å². The summed E-state index contributed by atoms with van der Waals surface area (Å²) in [6, 6.07) is 0. The highest BCUT2D eigenvalue weighted by atomic mass is 28.4. The van der Waals surface area contributed by atoms with Crippen molar-refractivity contribution in [3.63, 3.8) is 0 Å². The molecule has 0 saturated carbocycles. The van der Waals surface area contributed by atoms with Gasteiger partial charge in [0.1, 0.15) is 0 Å². The van der Waals surface area contributed by atoms with Gasteiger partial charge in [0.25, 0.3) is 0 Å². The van der Waals surface area contributed by atoms with Gasteiger partial charge in [0.2, 0.25) is 0 Å². The van der Waals surface area contributed by atoms with Crippen LogP contribution < -0.4 is 0 Å². The zero-order valence-electron chi connectivity index (χ0n) is 9.67. The monoisotopic (exact) mass is 222 g/mol. The Kier molecular flexibility index (Phi) is 8.41. The van der Waals surface area contributed by atoms with Crippen molar-refractivity contribution in [2.75, 3.05) is 27.9 Å². The lowest BCUT2D eigenvalue weighted by Gasteiger charge is -2.22. The highest BCUT2D eigenvalue weighted by Gasteiger charge is 2.41. The Morgan fingerprint density at radius 1 is 0.857 bits per heavy atom. The molecule has 0 radical (unpaired) electrons. The maximum absolute atomic E-state index is 5.50. The zero-order valence-corrected chi connectivity index (χ0v) is 10.7. The van der Waals surface area contributed by atoms with Crippen LogP contribution >= 0.6 is 0 Å². The molecule has 0 amide bonds. The van der Waals surface area contributed by atoms with Crippen LogP contribution in [0.5, 0.6) is 0 Å². The molecule has 0 rings (SSSR count). The van der Waals surface area contributed by atoms with Gasteiger partial charge < -0.3 is 17.7 Å². The Labute approximate surface area is 88.0 Å². The summed E-state index contributed by atoms with van der Waals surface area (Å²) in [6.07, 6.45) is 4.67. The first-order valence-corrected chi connectivity index (χ1v) is 6.67. The van der Waals surface area contributed by atoms with Crippen molar-refractivity contribution in [3.8, 4) is 0 Å². The second kappa shape index (κ2) is 8.37. The lowest BCUT2D eigenvalue weighted by atomic mass is 10.2. The van der Waals surface area contributed by atoms with E-state index >= 15 is 0 Å². The van der Waals surface area contributed by atoms with E-state index in [2.05, 4.69) is 6.92 Å². The number of hydrogen-bond acceptors (Lipinski definition) is 4. The predicted molar refractivity (Wildman–Crippen MR) is 56.9 cm³/mol. The summed E-state index contributed by atoms with van der Waals surface area (Å²) in [5.41, 5.74) is 0. The molecular formula is C9H22O4Si. The molecule has 4 nitrogen and oxygen atoms in total. The van der Waals surface area contributed by atoms with Gasteiger partial charge in [-0.2, -0.15) is 0 Å². The summed E-state index contributed by atoms with van der Waals surface area (Å²) in [5.74, 6) is 0. The van der Waals surface area contributed by atoms with Crippen LogP contribution in [-0.4, -0.2) is 37.0 Å². The molecule has 86 valence electrons. The quantitative estimate of drug-likeness (QED) is 0.441. The molecule has 0 unspecified atom stereocenters. The van der Waals surface area contributed by atoms with Gasteiger partial charge in [0.05, 0.1) is 0 Å². The van der Waals surface area contributed by atoms with E-state index in [1.165, 1.54) is 19.3 Å². The van der Waals surface area contributed by atoms with Gasteiger partial charge in [-0.25, -0.2) is 0 Å². The van der Waals surface area contributed by atoms with Crippen LogP contribution in [0.3, 0.4) is 0 Å². The Hall–Kier alpha value is 0.0569. The largest absolute Gasteiger partial charge is 0.678 e. The number of unbranched alkanes of at least 4 members (excludes halogenated alkanes) is 3. The first kappa shape index (κ1) is 14.1. The summed E-state index contributed by atoms with van der Waals surface area (Å²) in [7, 11) is 1.86. The van der Waals surface area contributed by atoms with Gasteiger partial charge in [-0.05, 0) is 6.42 Å². The van der Waals surface area contributed by atoms with Crippen LogP contribution in [0.2, 0.25) is 0 Å². The first-order chi connectivity index (χ1) is 6.74.